The van der Waals surface area contributed by atoms with Gasteiger partial charge in [-0.2, -0.15) is 0 Å². The fraction of sp³-hybridized carbons (Fsp3) is 0.600. The van der Waals surface area contributed by atoms with Gasteiger partial charge in [-0.3, -0.25) is 0 Å². The number of hydrogen-bond donors (Lipinski definition) is 1. The zero-order valence-corrected chi connectivity index (χ0v) is 12.5. The van der Waals surface area contributed by atoms with E-state index in [0.29, 0.717) is 5.56 Å². The standard InChI is InChI=1S/C15H26FN3/c1-5-19(11-7-10-18(3)4)14-9-6-8-13(16)15(14)12(2)17/h6,8-9,12H,5,7,10-11,17H2,1-4H3/t12-/m0/s1. The van der Waals surface area contributed by atoms with Gasteiger partial charge in [-0.25, -0.2) is 4.39 Å². The third kappa shape index (κ3) is 4.48. The van der Waals surface area contributed by atoms with E-state index in [4.69, 9.17) is 5.73 Å². The number of rotatable bonds is 7. The largest absolute Gasteiger partial charge is 0.371 e. The molecular formula is C15H26FN3. The van der Waals surface area contributed by atoms with E-state index < -0.39 is 0 Å². The van der Waals surface area contributed by atoms with Gasteiger partial charge in [0.1, 0.15) is 5.82 Å². The van der Waals surface area contributed by atoms with Crippen LogP contribution in [-0.2, 0) is 0 Å². The summed E-state index contributed by atoms with van der Waals surface area (Å²) in [6.07, 6.45) is 1.05. The second-order valence-electron chi connectivity index (χ2n) is 5.20. The molecule has 1 aromatic carbocycles. The molecule has 0 bridgehead atoms. The Labute approximate surface area is 116 Å². The summed E-state index contributed by atoms with van der Waals surface area (Å²) in [6.45, 7) is 6.72. The first kappa shape index (κ1) is 15.9. The lowest BCUT2D eigenvalue weighted by molar-refractivity contribution is 0.400. The van der Waals surface area contributed by atoms with E-state index >= 15 is 0 Å². The van der Waals surface area contributed by atoms with E-state index in [1.165, 1.54) is 6.07 Å². The predicted molar refractivity (Wildman–Crippen MR) is 80.1 cm³/mol. The normalized spacial score (nSPS) is 12.8. The molecule has 0 aliphatic carbocycles. The number of anilines is 1. The Hall–Kier alpha value is -1.13. The number of benzene rings is 1. The van der Waals surface area contributed by atoms with Crippen LogP contribution in [0.5, 0.6) is 0 Å². The average molecular weight is 267 g/mol. The molecule has 0 aliphatic rings. The molecule has 0 amide bonds. The molecule has 0 aromatic heterocycles. The van der Waals surface area contributed by atoms with Crippen LogP contribution in [0.15, 0.2) is 18.2 Å². The molecule has 1 atom stereocenters. The molecule has 0 aliphatic heterocycles. The Balaban J connectivity index is 2.89. The average Bonchev–Trinajstić information content (AvgIpc) is 2.33. The van der Waals surface area contributed by atoms with Crippen LogP contribution in [0.25, 0.3) is 0 Å². The minimum absolute atomic E-state index is 0.210. The third-order valence-electron chi connectivity index (χ3n) is 3.24. The summed E-state index contributed by atoms with van der Waals surface area (Å²) < 4.78 is 13.9. The zero-order valence-electron chi connectivity index (χ0n) is 12.5. The van der Waals surface area contributed by atoms with Crippen molar-refractivity contribution in [1.29, 1.82) is 0 Å². The van der Waals surface area contributed by atoms with E-state index in [1.54, 1.807) is 6.07 Å². The van der Waals surface area contributed by atoms with Gasteiger partial charge in [0.25, 0.3) is 0 Å². The maximum absolute atomic E-state index is 13.9. The highest BCUT2D eigenvalue weighted by atomic mass is 19.1. The van der Waals surface area contributed by atoms with Crippen LogP contribution in [-0.4, -0.2) is 38.6 Å². The number of nitrogens with two attached hydrogens (primary N) is 1. The fourth-order valence-corrected chi connectivity index (χ4v) is 2.28. The van der Waals surface area contributed by atoms with E-state index in [9.17, 15) is 4.39 Å². The van der Waals surface area contributed by atoms with Gasteiger partial charge in [0.05, 0.1) is 0 Å². The highest BCUT2D eigenvalue weighted by Gasteiger charge is 2.16. The van der Waals surface area contributed by atoms with E-state index in [0.717, 1.165) is 31.7 Å². The second kappa shape index (κ2) is 7.46. The first-order chi connectivity index (χ1) is 8.97. The van der Waals surface area contributed by atoms with Crippen LogP contribution in [0.3, 0.4) is 0 Å². The van der Waals surface area contributed by atoms with Crippen molar-refractivity contribution in [3.63, 3.8) is 0 Å². The maximum atomic E-state index is 13.9. The Morgan fingerprint density at radius 3 is 2.47 bits per heavy atom. The Kier molecular flexibility index (Phi) is 6.25. The topological polar surface area (TPSA) is 32.5 Å². The van der Waals surface area contributed by atoms with Gasteiger partial charge in [0, 0.05) is 30.4 Å². The summed E-state index contributed by atoms with van der Waals surface area (Å²) in [5, 5.41) is 0. The summed E-state index contributed by atoms with van der Waals surface area (Å²) in [7, 11) is 4.12. The smallest absolute Gasteiger partial charge is 0.130 e. The summed E-state index contributed by atoms with van der Waals surface area (Å²) in [5.74, 6) is -0.210. The van der Waals surface area contributed by atoms with Gasteiger partial charge in [-0.15, -0.1) is 0 Å². The van der Waals surface area contributed by atoms with Crippen LogP contribution >= 0.6 is 0 Å². The van der Waals surface area contributed by atoms with E-state index in [1.807, 2.05) is 13.0 Å². The molecule has 0 spiro atoms. The van der Waals surface area contributed by atoms with Crippen molar-refractivity contribution < 1.29 is 4.39 Å². The molecule has 4 heteroatoms. The van der Waals surface area contributed by atoms with Crippen molar-refractivity contribution in [2.75, 3.05) is 38.6 Å². The van der Waals surface area contributed by atoms with Crippen LogP contribution in [0.1, 0.15) is 31.9 Å². The highest BCUT2D eigenvalue weighted by Crippen LogP contribution is 2.27. The minimum atomic E-state index is -0.293. The number of hydrogen-bond acceptors (Lipinski definition) is 3. The maximum Gasteiger partial charge on any atom is 0.130 e. The first-order valence-electron chi connectivity index (χ1n) is 6.91. The Morgan fingerprint density at radius 2 is 1.95 bits per heavy atom. The Bertz CT molecular complexity index is 391. The molecule has 108 valence electrons. The molecule has 0 radical (unpaired) electrons. The fourth-order valence-electron chi connectivity index (χ4n) is 2.28. The number of nitrogens with zero attached hydrogens (tertiary/aromatic N) is 2. The second-order valence-corrected chi connectivity index (χ2v) is 5.20. The molecule has 0 saturated heterocycles. The van der Waals surface area contributed by atoms with Crippen molar-refractivity contribution >= 4 is 5.69 Å². The quantitative estimate of drug-likeness (QED) is 0.824. The SMILES string of the molecule is CCN(CCCN(C)C)c1cccc(F)c1[C@H](C)N. The molecule has 1 rings (SSSR count). The van der Waals surface area contributed by atoms with Crippen LogP contribution in [0.2, 0.25) is 0 Å². The highest BCUT2D eigenvalue weighted by molar-refractivity contribution is 5.55. The molecule has 0 unspecified atom stereocenters. The van der Waals surface area contributed by atoms with Gasteiger partial charge in [-0.05, 0) is 53.0 Å². The molecule has 0 fully saturated rings. The van der Waals surface area contributed by atoms with Gasteiger partial charge in [-0.1, -0.05) is 6.07 Å². The lowest BCUT2D eigenvalue weighted by Gasteiger charge is -2.27. The minimum Gasteiger partial charge on any atom is -0.371 e. The van der Waals surface area contributed by atoms with E-state index in [-0.39, 0.29) is 11.9 Å². The van der Waals surface area contributed by atoms with Gasteiger partial charge in [0.15, 0.2) is 0 Å². The number of halogens is 1. The Morgan fingerprint density at radius 1 is 1.26 bits per heavy atom. The summed E-state index contributed by atoms with van der Waals surface area (Å²) in [4.78, 5) is 4.36. The summed E-state index contributed by atoms with van der Waals surface area (Å²) in [5.41, 5.74) is 7.46. The lowest BCUT2D eigenvalue weighted by atomic mass is 10.0. The molecule has 0 heterocycles. The molecule has 1 aromatic rings. The zero-order chi connectivity index (χ0) is 14.4. The molecule has 0 saturated carbocycles. The van der Waals surface area contributed by atoms with Crippen molar-refractivity contribution in [3.05, 3.63) is 29.6 Å². The van der Waals surface area contributed by atoms with Crippen LogP contribution in [0, 0.1) is 5.82 Å². The van der Waals surface area contributed by atoms with Crippen LogP contribution < -0.4 is 10.6 Å². The van der Waals surface area contributed by atoms with Crippen molar-refractivity contribution in [3.8, 4) is 0 Å². The van der Waals surface area contributed by atoms with Crippen LogP contribution in [0.4, 0.5) is 10.1 Å². The summed E-state index contributed by atoms with van der Waals surface area (Å²) >= 11 is 0. The van der Waals surface area contributed by atoms with E-state index in [2.05, 4.69) is 30.8 Å². The third-order valence-corrected chi connectivity index (χ3v) is 3.24. The summed E-state index contributed by atoms with van der Waals surface area (Å²) in [6, 6.07) is 4.90. The molecular weight excluding hydrogens is 241 g/mol. The monoisotopic (exact) mass is 267 g/mol. The first-order valence-corrected chi connectivity index (χ1v) is 6.91. The van der Waals surface area contributed by atoms with Crippen molar-refractivity contribution in [1.82, 2.24) is 4.90 Å². The van der Waals surface area contributed by atoms with Gasteiger partial charge < -0.3 is 15.5 Å². The predicted octanol–water partition coefficient (Wildman–Crippen LogP) is 2.62. The van der Waals surface area contributed by atoms with Crippen molar-refractivity contribution in [2.24, 2.45) is 5.73 Å². The van der Waals surface area contributed by atoms with Gasteiger partial charge >= 0.3 is 0 Å². The van der Waals surface area contributed by atoms with Crippen molar-refractivity contribution in [2.45, 2.75) is 26.3 Å². The van der Waals surface area contributed by atoms with Gasteiger partial charge in [0.2, 0.25) is 0 Å². The molecule has 3 nitrogen and oxygen atoms in total. The lowest BCUT2D eigenvalue weighted by Crippen LogP contribution is -2.29. The molecule has 19 heavy (non-hydrogen) atoms. The molecule has 2 N–H and O–H groups in total.